The van der Waals surface area contributed by atoms with Gasteiger partial charge in [-0.2, -0.15) is 5.26 Å². The van der Waals surface area contributed by atoms with Gasteiger partial charge < -0.3 is 9.88 Å². The Labute approximate surface area is 94.2 Å². The molecule has 4 heteroatoms. The number of rotatable bonds is 2. The highest BCUT2D eigenvalue weighted by Gasteiger charge is 2.03. The van der Waals surface area contributed by atoms with E-state index in [2.05, 4.69) is 16.0 Å². The van der Waals surface area contributed by atoms with Gasteiger partial charge in [0, 0.05) is 32.1 Å². The lowest BCUT2D eigenvalue weighted by Gasteiger charge is -2.11. The summed E-state index contributed by atoms with van der Waals surface area (Å²) in [6.45, 7) is 0. The Kier molecular flexibility index (Phi) is 2.61. The topological polar surface area (TPSA) is 55.7 Å². The van der Waals surface area contributed by atoms with Gasteiger partial charge in [-0.3, -0.25) is 0 Å². The largest absolute Gasteiger partial charge is 0.363 e. The van der Waals surface area contributed by atoms with E-state index in [1.54, 1.807) is 6.20 Å². The minimum Gasteiger partial charge on any atom is -0.363 e. The number of pyridine rings is 1. The maximum Gasteiger partial charge on any atom is 0.128 e. The van der Waals surface area contributed by atoms with Crippen molar-refractivity contribution in [2.24, 2.45) is 0 Å². The van der Waals surface area contributed by atoms with Crippen molar-refractivity contribution in [2.75, 3.05) is 19.0 Å². The fraction of sp³-hybridized carbons (Fsp3) is 0.167. The fourth-order valence-electron chi connectivity index (χ4n) is 1.47. The van der Waals surface area contributed by atoms with Crippen LogP contribution in [0.4, 0.5) is 5.82 Å². The highest BCUT2D eigenvalue weighted by Crippen LogP contribution is 2.22. The number of H-pyrrole nitrogens is 1. The lowest BCUT2D eigenvalue weighted by atomic mass is 10.1. The molecule has 0 radical (unpaired) electrons. The molecule has 2 aromatic rings. The lowest BCUT2D eigenvalue weighted by Crippen LogP contribution is -2.10. The summed E-state index contributed by atoms with van der Waals surface area (Å²) < 4.78 is 0. The van der Waals surface area contributed by atoms with Crippen LogP contribution in [0, 0.1) is 11.3 Å². The second kappa shape index (κ2) is 4.07. The molecule has 2 heterocycles. The molecule has 0 aliphatic heterocycles. The number of anilines is 1. The van der Waals surface area contributed by atoms with E-state index < -0.39 is 0 Å². The zero-order valence-electron chi connectivity index (χ0n) is 9.23. The summed E-state index contributed by atoms with van der Waals surface area (Å²) >= 11 is 0. The predicted molar refractivity (Wildman–Crippen MR) is 63.1 cm³/mol. The number of nitrogens with zero attached hydrogens (tertiary/aromatic N) is 3. The Morgan fingerprint density at radius 1 is 1.31 bits per heavy atom. The summed E-state index contributed by atoms with van der Waals surface area (Å²) in [5.74, 6) is 0.900. The Morgan fingerprint density at radius 3 is 2.75 bits per heavy atom. The van der Waals surface area contributed by atoms with Gasteiger partial charge in [0.25, 0.3) is 0 Å². The number of aromatic amines is 1. The molecule has 0 spiro atoms. The molecule has 0 saturated carbocycles. The first-order valence-electron chi connectivity index (χ1n) is 4.93. The van der Waals surface area contributed by atoms with Crippen LogP contribution in [0.5, 0.6) is 0 Å². The summed E-state index contributed by atoms with van der Waals surface area (Å²) in [4.78, 5) is 9.10. The molecule has 1 N–H and O–H groups in total. The van der Waals surface area contributed by atoms with Gasteiger partial charge in [0.05, 0.1) is 0 Å². The maximum atomic E-state index is 8.74. The smallest absolute Gasteiger partial charge is 0.128 e. The molecule has 0 aliphatic carbocycles. The Balaban J connectivity index is 2.41. The van der Waals surface area contributed by atoms with Crippen LogP contribution in [0.15, 0.2) is 30.6 Å². The van der Waals surface area contributed by atoms with Crippen LogP contribution in [0.25, 0.3) is 11.1 Å². The molecule has 0 unspecified atom stereocenters. The number of hydrogen-bond acceptors (Lipinski definition) is 3. The second-order valence-corrected chi connectivity index (χ2v) is 3.71. The summed E-state index contributed by atoms with van der Waals surface area (Å²) in [5, 5.41) is 8.74. The molecule has 0 aromatic carbocycles. The van der Waals surface area contributed by atoms with E-state index in [1.807, 2.05) is 43.4 Å². The molecule has 2 aromatic heterocycles. The molecule has 4 nitrogen and oxygen atoms in total. The van der Waals surface area contributed by atoms with E-state index in [1.165, 1.54) is 0 Å². The zero-order valence-corrected chi connectivity index (χ0v) is 9.23. The van der Waals surface area contributed by atoms with Crippen molar-refractivity contribution in [3.63, 3.8) is 0 Å². The number of nitrogens with one attached hydrogen (secondary N) is 1. The summed E-state index contributed by atoms with van der Waals surface area (Å²) in [7, 11) is 3.90. The quantitative estimate of drug-likeness (QED) is 0.828. The number of hydrogen-bond donors (Lipinski definition) is 1. The number of aromatic nitrogens is 2. The minimum atomic E-state index is 0.568. The van der Waals surface area contributed by atoms with Gasteiger partial charge in [-0.05, 0) is 23.8 Å². The van der Waals surface area contributed by atoms with Gasteiger partial charge in [0.1, 0.15) is 17.6 Å². The Bertz CT molecular complexity index is 534. The first-order valence-corrected chi connectivity index (χ1v) is 4.93. The second-order valence-electron chi connectivity index (χ2n) is 3.71. The molecule has 16 heavy (non-hydrogen) atoms. The summed E-state index contributed by atoms with van der Waals surface area (Å²) in [6, 6.07) is 7.82. The molecule has 0 amide bonds. The molecule has 0 fully saturated rings. The molecule has 0 bridgehead atoms. The molecule has 0 aliphatic rings. The van der Waals surface area contributed by atoms with Crippen LogP contribution in [-0.2, 0) is 0 Å². The highest BCUT2D eigenvalue weighted by molar-refractivity contribution is 5.67. The molecule has 80 valence electrons. The van der Waals surface area contributed by atoms with Crippen LogP contribution in [-0.4, -0.2) is 24.1 Å². The van der Waals surface area contributed by atoms with Gasteiger partial charge in [-0.25, -0.2) is 4.98 Å². The van der Waals surface area contributed by atoms with Crippen molar-refractivity contribution < 1.29 is 0 Å². The van der Waals surface area contributed by atoms with Crippen LogP contribution < -0.4 is 4.90 Å². The van der Waals surface area contributed by atoms with Crippen molar-refractivity contribution in [3.8, 4) is 17.2 Å². The third kappa shape index (κ3) is 1.89. The molecule has 2 rings (SSSR count). The third-order valence-electron chi connectivity index (χ3n) is 2.34. The molecule has 0 atom stereocenters. The van der Waals surface area contributed by atoms with Crippen molar-refractivity contribution in [2.45, 2.75) is 0 Å². The predicted octanol–water partition coefficient (Wildman–Crippen LogP) is 2.01. The van der Waals surface area contributed by atoms with Crippen LogP contribution in [0.2, 0.25) is 0 Å². The maximum absolute atomic E-state index is 8.74. The van der Waals surface area contributed by atoms with Crippen molar-refractivity contribution in [1.82, 2.24) is 9.97 Å². The number of nitriles is 1. The normalized spacial score (nSPS) is 9.81. The molecule has 0 saturated heterocycles. The van der Waals surface area contributed by atoms with E-state index in [9.17, 15) is 0 Å². The van der Waals surface area contributed by atoms with Crippen LogP contribution in [0.3, 0.4) is 0 Å². The zero-order chi connectivity index (χ0) is 11.5. The Morgan fingerprint density at radius 2 is 2.12 bits per heavy atom. The van der Waals surface area contributed by atoms with Gasteiger partial charge >= 0.3 is 0 Å². The molecular weight excluding hydrogens is 200 g/mol. The van der Waals surface area contributed by atoms with E-state index >= 15 is 0 Å². The fourth-order valence-corrected chi connectivity index (χ4v) is 1.47. The monoisotopic (exact) mass is 212 g/mol. The lowest BCUT2D eigenvalue weighted by molar-refractivity contribution is 1.07. The summed E-state index contributed by atoms with van der Waals surface area (Å²) in [6.07, 6.45) is 3.59. The van der Waals surface area contributed by atoms with E-state index in [4.69, 9.17) is 5.26 Å². The van der Waals surface area contributed by atoms with E-state index in [0.29, 0.717) is 5.69 Å². The van der Waals surface area contributed by atoms with Crippen LogP contribution >= 0.6 is 0 Å². The first-order chi connectivity index (χ1) is 7.70. The van der Waals surface area contributed by atoms with Gasteiger partial charge in [0.2, 0.25) is 0 Å². The van der Waals surface area contributed by atoms with Crippen molar-refractivity contribution >= 4 is 5.82 Å². The first kappa shape index (κ1) is 10.2. The van der Waals surface area contributed by atoms with Crippen molar-refractivity contribution in [3.05, 3.63) is 36.3 Å². The van der Waals surface area contributed by atoms with Gasteiger partial charge in [-0.1, -0.05) is 0 Å². The van der Waals surface area contributed by atoms with Gasteiger partial charge in [-0.15, -0.1) is 0 Å². The summed E-state index contributed by atoms with van der Waals surface area (Å²) in [5.41, 5.74) is 2.62. The highest BCUT2D eigenvalue weighted by atomic mass is 15.1. The SMILES string of the molecule is CN(C)c1cc(-c2c[nH]c(C#N)c2)ccn1. The standard InChI is InChI=1S/C12H12N4/c1-16(2)12-6-9(3-4-14-12)10-5-11(7-13)15-8-10/h3-6,8,15H,1-2H3. The third-order valence-corrected chi connectivity index (χ3v) is 2.34. The van der Waals surface area contributed by atoms with Gasteiger partial charge in [0.15, 0.2) is 0 Å². The minimum absolute atomic E-state index is 0.568. The van der Waals surface area contributed by atoms with Crippen molar-refractivity contribution in [1.29, 1.82) is 5.26 Å². The van der Waals surface area contributed by atoms with Crippen LogP contribution in [0.1, 0.15) is 5.69 Å². The Hall–Kier alpha value is -2.28. The molecular formula is C12H12N4. The van der Waals surface area contributed by atoms with E-state index in [-0.39, 0.29) is 0 Å². The average molecular weight is 212 g/mol. The average Bonchev–Trinajstić information content (AvgIpc) is 2.77. The van der Waals surface area contributed by atoms with E-state index in [0.717, 1.165) is 16.9 Å².